The van der Waals surface area contributed by atoms with Crippen LogP contribution in [0.2, 0.25) is 0 Å². The predicted molar refractivity (Wildman–Crippen MR) is 80.9 cm³/mol. The van der Waals surface area contributed by atoms with Crippen molar-refractivity contribution in [3.63, 3.8) is 0 Å². The van der Waals surface area contributed by atoms with E-state index in [1.807, 2.05) is 31.6 Å². The fourth-order valence-electron chi connectivity index (χ4n) is 2.44. The highest BCUT2D eigenvalue weighted by Crippen LogP contribution is 2.20. The summed E-state index contributed by atoms with van der Waals surface area (Å²) in [6.45, 7) is 0.763. The summed E-state index contributed by atoms with van der Waals surface area (Å²) in [5.74, 6) is 1.18. The lowest BCUT2D eigenvalue weighted by molar-refractivity contribution is 0.687. The molecular weight excluding hydrogens is 286 g/mol. The highest BCUT2D eigenvalue weighted by Gasteiger charge is 2.11. The number of benzene rings is 1. The third-order valence-corrected chi connectivity index (χ3v) is 3.70. The van der Waals surface area contributed by atoms with Gasteiger partial charge < -0.3 is 4.57 Å². The van der Waals surface area contributed by atoms with Gasteiger partial charge in [0.15, 0.2) is 0 Å². The van der Waals surface area contributed by atoms with Crippen molar-refractivity contribution in [3.05, 3.63) is 47.5 Å². The lowest BCUT2D eigenvalue weighted by Gasteiger charge is -2.06. The number of rotatable bonds is 4. The summed E-state index contributed by atoms with van der Waals surface area (Å²) in [6.07, 6.45) is 4.71. The van der Waals surface area contributed by atoms with Gasteiger partial charge in [-0.15, -0.1) is 11.6 Å². The molecule has 3 aromatic rings. The number of fused-ring (bicyclic) bond motifs is 1. The van der Waals surface area contributed by atoms with Crippen molar-refractivity contribution >= 4 is 22.6 Å². The highest BCUT2D eigenvalue weighted by molar-refractivity contribution is 6.16. The Morgan fingerprint density at radius 1 is 1.38 bits per heavy atom. The van der Waals surface area contributed by atoms with Gasteiger partial charge in [-0.25, -0.2) is 4.98 Å². The van der Waals surface area contributed by atoms with E-state index in [0.29, 0.717) is 11.4 Å². The summed E-state index contributed by atoms with van der Waals surface area (Å²) >= 11 is 6.00. The maximum absolute atomic E-state index is 9.05. The van der Waals surface area contributed by atoms with Crippen LogP contribution in [0.15, 0.2) is 30.6 Å². The molecule has 0 unspecified atom stereocenters. The number of nitriles is 1. The molecule has 0 bridgehead atoms. The third kappa shape index (κ3) is 2.63. The molecule has 2 aromatic heterocycles. The van der Waals surface area contributed by atoms with E-state index >= 15 is 0 Å². The van der Waals surface area contributed by atoms with Crippen LogP contribution in [0.5, 0.6) is 0 Å². The predicted octanol–water partition coefficient (Wildman–Crippen LogP) is 2.62. The summed E-state index contributed by atoms with van der Waals surface area (Å²) in [5, 5.41) is 13.2. The van der Waals surface area contributed by atoms with Crippen LogP contribution in [0.4, 0.5) is 0 Å². The quantitative estimate of drug-likeness (QED) is 0.696. The minimum atomic E-state index is 0.351. The molecule has 0 amide bonds. The van der Waals surface area contributed by atoms with Crippen molar-refractivity contribution < 1.29 is 0 Å². The van der Waals surface area contributed by atoms with Crippen molar-refractivity contribution in [1.82, 2.24) is 19.3 Å². The first-order valence-corrected chi connectivity index (χ1v) is 7.17. The Morgan fingerprint density at radius 3 is 2.90 bits per heavy atom. The molecule has 2 heterocycles. The Balaban J connectivity index is 1.97. The first kappa shape index (κ1) is 13.7. The van der Waals surface area contributed by atoms with E-state index in [9.17, 15) is 0 Å². The average Bonchev–Trinajstić information content (AvgIpc) is 3.07. The number of aromatic nitrogens is 4. The van der Waals surface area contributed by atoms with E-state index < -0.39 is 0 Å². The maximum Gasteiger partial charge on any atom is 0.124 e. The van der Waals surface area contributed by atoms with Gasteiger partial charge in [-0.05, 0) is 30.2 Å². The van der Waals surface area contributed by atoms with E-state index in [1.165, 1.54) is 0 Å². The summed E-state index contributed by atoms with van der Waals surface area (Å²) in [5.41, 5.74) is 3.62. The van der Waals surface area contributed by atoms with Crippen LogP contribution in [0, 0.1) is 11.3 Å². The van der Waals surface area contributed by atoms with Crippen LogP contribution < -0.4 is 0 Å². The molecule has 5 nitrogen and oxygen atoms in total. The maximum atomic E-state index is 9.05. The second-order valence-electron chi connectivity index (χ2n) is 4.90. The van der Waals surface area contributed by atoms with Crippen LogP contribution >= 0.6 is 11.6 Å². The van der Waals surface area contributed by atoms with Crippen LogP contribution in [-0.2, 0) is 25.9 Å². The van der Waals surface area contributed by atoms with Gasteiger partial charge in [0.2, 0.25) is 0 Å². The SMILES string of the molecule is Cn1cc(CCn2c(CCl)nc3ccc(C#N)cc32)cn1. The molecule has 6 heteroatoms. The van der Waals surface area contributed by atoms with Crippen molar-refractivity contribution in [1.29, 1.82) is 5.26 Å². The summed E-state index contributed by atoms with van der Waals surface area (Å²) in [4.78, 5) is 4.52. The second kappa shape index (κ2) is 5.58. The van der Waals surface area contributed by atoms with E-state index in [2.05, 4.69) is 20.7 Å². The summed E-state index contributed by atoms with van der Waals surface area (Å²) in [6, 6.07) is 7.67. The lowest BCUT2D eigenvalue weighted by atomic mass is 10.2. The molecule has 0 N–H and O–H groups in total. The molecule has 0 aliphatic carbocycles. The monoisotopic (exact) mass is 299 g/mol. The normalized spacial score (nSPS) is 10.9. The van der Waals surface area contributed by atoms with Gasteiger partial charge in [0.25, 0.3) is 0 Å². The third-order valence-electron chi connectivity index (χ3n) is 3.46. The zero-order valence-electron chi connectivity index (χ0n) is 11.6. The van der Waals surface area contributed by atoms with Gasteiger partial charge in [-0.3, -0.25) is 4.68 Å². The summed E-state index contributed by atoms with van der Waals surface area (Å²) < 4.78 is 3.87. The fourth-order valence-corrected chi connectivity index (χ4v) is 2.64. The minimum Gasteiger partial charge on any atom is -0.327 e. The van der Waals surface area contributed by atoms with Crippen molar-refractivity contribution in [3.8, 4) is 6.07 Å². The van der Waals surface area contributed by atoms with Gasteiger partial charge >= 0.3 is 0 Å². The van der Waals surface area contributed by atoms with Crippen LogP contribution in [0.25, 0.3) is 11.0 Å². The molecule has 0 saturated heterocycles. The largest absolute Gasteiger partial charge is 0.327 e. The average molecular weight is 300 g/mol. The number of hydrogen-bond donors (Lipinski definition) is 0. The lowest BCUT2D eigenvalue weighted by Crippen LogP contribution is -2.05. The van der Waals surface area contributed by atoms with Gasteiger partial charge in [-0.1, -0.05) is 0 Å². The number of imidazole rings is 1. The van der Waals surface area contributed by atoms with Gasteiger partial charge in [0, 0.05) is 19.8 Å². The molecule has 3 rings (SSSR count). The Labute approximate surface area is 127 Å². The molecule has 0 saturated carbocycles. The van der Waals surface area contributed by atoms with Crippen molar-refractivity contribution in [2.75, 3.05) is 0 Å². The molecular formula is C15H14ClN5. The number of hydrogen-bond acceptors (Lipinski definition) is 3. The Hall–Kier alpha value is -2.32. The smallest absolute Gasteiger partial charge is 0.124 e. The molecule has 0 fully saturated rings. The number of halogens is 1. The van der Waals surface area contributed by atoms with E-state index in [0.717, 1.165) is 35.4 Å². The Kier molecular flexibility index (Phi) is 3.63. The summed E-state index contributed by atoms with van der Waals surface area (Å²) in [7, 11) is 1.90. The fraction of sp³-hybridized carbons (Fsp3) is 0.267. The molecule has 21 heavy (non-hydrogen) atoms. The minimum absolute atomic E-state index is 0.351. The van der Waals surface area contributed by atoms with Crippen LogP contribution in [0.1, 0.15) is 17.0 Å². The van der Waals surface area contributed by atoms with Crippen molar-refractivity contribution in [2.45, 2.75) is 18.8 Å². The van der Waals surface area contributed by atoms with Crippen LogP contribution in [-0.4, -0.2) is 19.3 Å². The Bertz CT molecular complexity index is 824. The van der Waals surface area contributed by atoms with Gasteiger partial charge in [-0.2, -0.15) is 10.4 Å². The standard InChI is InChI=1S/C15H14ClN5/c1-20-10-12(9-18-20)4-5-21-14-6-11(8-17)2-3-13(14)19-15(21)7-16/h2-3,6,9-10H,4-5,7H2,1H3. The number of alkyl halides is 1. The molecule has 0 aliphatic rings. The van der Waals surface area contributed by atoms with Crippen molar-refractivity contribution in [2.24, 2.45) is 7.05 Å². The molecule has 106 valence electrons. The molecule has 0 spiro atoms. The second-order valence-corrected chi connectivity index (χ2v) is 5.17. The molecule has 1 aromatic carbocycles. The topological polar surface area (TPSA) is 59.4 Å². The van der Waals surface area contributed by atoms with E-state index in [1.54, 1.807) is 10.7 Å². The molecule has 0 atom stereocenters. The zero-order valence-corrected chi connectivity index (χ0v) is 12.4. The van der Waals surface area contributed by atoms with E-state index in [-0.39, 0.29) is 0 Å². The molecule has 0 radical (unpaired) electrons. The first-order chi connectivity index (χ1) is 10.2. The molecule has 0 aliphatic heterocycles. The number of aryl methyl sites for hydroxylation is 3. The Morgan fingerprint density at radius 2 is 2.24 bits per heavy atom. The number of nitrogens with zero attached hydrogens (tertiary/aromatic N) is 5. The highest BCUT2D eigenvalue weighted by atomic mass is 35.5. The van der Waals surface area contributed by atoms with Crippen LogP contribution in [0.3, 0.4) is 0 Å². The van der Waals surface area contributed by atoms with E-state index in [4.69, 9.17) is 16.9 Å². The first-order valence-electron chi connectivity index (χ1n) is 6.64. The zero-order chi connectivity index (χ0) is 14.8. The van der Waals surface area contributed by atoms with Gasteiger partial charge in [0.05, 0.1) is 34.7 Å². The van der Waals surface area contributed by atoms with Gasteiger partial charge in [0.1, 0.15) is 5.82 Å².